The third-order valence-electron chi connectivity index (χ3n) is 2.99. The average Bonchev–Trinajstić information content (AvgIpc) is 3.04. The Morgan fingerprint density at radius 2 is 2.00 bits per heavy atom. The summed E-state index contributed by atoms with van der Waals surface area (Å²) in [7, 11) is 0. The van der Waals surface area contributed by atoms with Gasteiger partial charge >= 0.3 is 0 Å². The molecule has 0 aromatic carbocycles. The molecule has 2 aliphatic rings. The lowest BCUT2D eigenvalue weighted by molar-refractivity contribution is 0.566. The highest BCUT2D eigenvalue weighted by Gasteiger charge is 2.41. The van der Waals surface area contributed by atoms with Crippen molar-refractivity contribution in [2.24, 2.45) is 11.8 Å². The minimum Gasteiger partial charge on any atom is -0.357 e. The van der Waals surface area contributed by atoms with E-state index in [2.05, 4.69) is 15.5 Å². The molecular formula is C9H13N3S2. The van der Waals surface area contributed by atoms with Gasteiger partial charge in [0.25, 0.3) is 0 Å². The quantitative estimate of drug-likeness (QED) is 0.777. The topological polar surface area (TPSA) is 40.7 Å². The van der Waals surface area contributed by atoms with Crippen molar-refractivity contribution >= 4 is 28.7 Å². The smallest absolute Gasteiger partial charge is 0.204 e. The number of nitrogens with one attached hydrogen (secondary N) is 2. The van der Waals surface area contributed by atoms with Gasteiger partial charge in [-0.25, -0.2) is 0 Å². The highest BCUT2D eigenvalue weighted by Crippen LogP contribution is 2.45. The molecule has 2 aliphatic carbocycles. The molecule has 2 saturated carbocycles. The van der Waals surface area contributed by atoms with Crippen LogP contribution in [0.3, 0.4) is 0 Å². The van der Waals surface area contributed by atoms with Crippen LogP contribution in [0.15, 0.2) is 0 Å². The molecule has 1 aromatic rings. The number of aromatic nitrogens is 2. The van der Waals surface area contributed by atoms with E-state index in [1.54, 1.807) is 11.3 Å². The van der Waals surface area contributed by atoms with Crippen molar-refractivity contribution < 1.29 is 0 Å². The maximum Gasteiger partial charge on any atom is 0.204 e. The molecular weight excluding hydrogens is 214 g/mol. The molecule has 14 heavy (non-hydrogen) atoms. The number of anilines is 1. The van der Waals surface area contributed by atoms with Gasteiger partial charge in [-0.3, -0.25) is 5.10 Å². The first-order valence-corrected chi connectivity index (χ1v) is 6.37. The summed E-state index contributed by atoms with van der Waals surface area (Å²) in [5, 5.41) is 11.5. The number of rotatable bonds is 4. The standard InChI is InChI=1S/C9H13N3S2/c13-9-12-11-8(14-9)10-7(5-1-2-5)6-3-4-6/h5-7H,1-4H2,(H,10,11)(H,12,13). The van der Waals surface area contributed by atoms with Gasteiger partial charge in [0.1, 0.15) is 0 Å². The molecule has 0 spiro atoms. The summed E-state index contributed by atoms with van der Waals surface area (Å²) >= 11 is 6.55. The second-order valence-electron chi connectivity index (χ2n) is 4.26. The predicted molar refractivity (Wildman–Crippen MR) is 60.2 cm³/mol. The lowest BCUT2D eigenvalue weighted by Crippen LogP contribution is -2.24. The summed E-state index contributed by atoms with van der Waals surface area (Å²) < 4.78 is 0.762. The maximum absolute atomic E-state index is 5.01. The van der Waals surface area contributed by atoms with E-state index < -0.39 is 0 Å². The summed E-state index contributed by atoms with van der Waals surface area (Å²) in [6.07, 6.45) is 5.57. The third-order valence-corrected chi connectivity index (χ3v) is 4.01. The Hall–Kier alpha value is -0.420. The van der Waals surface area contributed by atoms with E-state index in [9.17, 15) is 0 Å². The normalized spacial score (nSPS) is 21.5. The number of hydrogen-bond acceptors (Lipinski definition) is 4. The van der Waals surface area contributed by atoms with Gasteiger partial charge in [0.05, 0.1) is 0 Å². The summed E-state index contributed by atoms with van der Waals surface area (Å²) in [6.45, 7) is 0. The van der Waals surface area contributed by atoms with E-state index in [0.717, 1.165) is 20.9 Å². The lowest BCUT2D eigenvalue weighted by Gasteiger charge is -2.15. The van der Waals surface area contributed by atoms with Crippen LogP contribution < -0.4 is 5.32 Å². The van der Waals surface area contributed by atoms with E-state index in [0.29, 0.717) is 6.04 Å². The van der Waals surface area contributed by atoms with Crippen molar-refractivity contribution in [3.05, 3.63) is 3.95 Å². The van der Waals surface area contributed by atoms with E-state index >= 15 is 0 Å². The number of aromatic amines is 1. The molecule has 0 unspecified atom stereocenters. The van der Waals surface area contributed by atoms with Gasteiger partial charge in [-0.05, 0) is 49.7 Å². The Labute approximate surface area is 91.9 Å². The van der Waals surface area contributed by atoms with Crippen molar-refractivity contribution in [1.29, 1.82) is 0 Å². The SMILES string of the molecule is S=c1[nH]nc(NC(C2CC2)C2CC2)s1. The molecule has 76 valence electrons. The van der Waals surface area contributed by atoms with Crippen LogP contribution in [0.4, 0.5) is 5.13 Å². The number of hydrogen-bond donors (Lipinski definition) is 2. The van der Waals surface area contributed by atoms with Crippen molar-refractivity contribution in [1.82, 2.24) is 10.2 Å². The van der Waals surface area contributed by atoms with Crippen molar-refractivity contribution in [2.45, 2.75) is 31.7 Å². The molecule has 2 fully saturated rings. The first-order chi connectivity index (χ1) is 6.83. The first-order valence-electron chi connectivity index (χ1n) is 5.15. The van der Waals surface area contributed by atoms with Crippen LogP contribution in [0, 0.1) is 15.8 Å². The fourth-order valence-electron chi connectivity index (χ4n) is 1.97. The van der Waals surface area contributed by atoms with Crippen LogP contribution in [-0.4, -0.2) is 16.2 Å². The van der Waals surface area contributed by atoms with Crippen LogP contribution in [0.2, 0.25) is 0 Å². The molecule has 5 heteroatoms. The minimum atomic E-state index is 0.670. The number of nitrogens with zero attached hydrogens (tertiary/aromatic N) is 1. The highest BCUT2D eigenvalue weighted by molar-refractivity contribution is 7.73. The van der Waals surface area contributed by atoms with Crippen LogP contribution in [0.25, 0.3) is 0 Å². The van der Waals surface area contributed by atoms with Gasteiger partial charge in [-0.2, -0.15) is 0 Å². The molecule has 1 aromatic heterocycles. The second-order valence-corrected chi connectivity index (χ2v) is 5.93. The second kappa shape index (κ2) is 3.31. The Bertz CT molecular complexity index is 363. The van der Waals surface area contributed by atoms with E-state index in [1.807, 2.05) is 0 Å². The molecule has 3 nitrogen and oxygen atoms in total. The summed E-state index contributed by atoms with van der Waals surface area (Å²) in [5.41, 5.74) is 0. The van der Waals surface area contributed by atoms with Gasteiger partial charge < -0.3 is 5.32 Å². The van der Waals surface area contributed by atoms with Gasteiger partial charge in [-0.15, -0.1) is 5.10 Å². The van der Waals surface area contributed by atoms with Crippen LogP contribution in [-0.2, 0) is 0 Å². The fraction of sp³-hybridized carbons (Fsp3) is 0.778. The monoisotopic (exact) mass is 227 g/mol. The van der Waals surface area contributed by atoms with E-state index in [1.165, 1.54) is 25.7 Å². The van der Waals surface area contributed by atoms with Gasteiger partial charge in [0.2, 0.25) is 5.13 Å². The van der Waals surface area contributed by atoms with Crippen molar-refractivity contribution in [2.75, 3.05) is 5.32 Å². The molecule has 1 heterocycles. The lowest BCUT2D eigenvalue weighted by atomic mass is 10.1. The molecule has 0 radical (unpaired) electrons. The zero-order chi connectivity index (χ0) is 9.54. The highest BCUT2D eigenvalue weighted by atomic mass is 32.1. The van der Waals surface area contributed by atoms with Crippen LogP contribution in [0.5, 0.6) is 0 Å². The molecule has 0 bridgehead atoms. The molecule has 0 atom stereocenters. The van der Waals surface area contributed by atoms with E-state index in [4.69, 9.17) is 12.2 Å². The molecule has 0 aliphatic heterocycles. The van der Waals surface area contributed by atoms with Gasteiger partial charge in [0.15, 0.2) is 3.95 Å². The Morgan fingerprint density at radius 1 is 1.36 bits per heavy atom. The molecule has 2 N–H and O–H groups in total. The fourth-order valence-corrected chi connectivity index (χ4v) is 2.80. The van der Waals surface area contributed by atoms with Gasteiger partial charge in [-0.1, -0.05) is 11.3 Å². The Balaban J connectivity index is 1.71. The molecule has 0 amide bonds. The van der Waals surface area contributed by atoms with Crippen LogP contribution >= 0.6 is 23.6 Å². The predicted octanol–water partition coefficient (Wildman–Crippen LogP) is 2.80. The average molecular weight is 227 g/mol. The zero-order valence-corrected chi connectivity index (χ0v) is 9.46. The van der Waals surface area contributed by atoms with Gasteiger partial charge in [0, 0.05) is 6.04 Å². The summed E-state index contributed by atoms with van der Waals surface area (Å²) in [4.78, 5) is 0. The third kappa shape index (κ3) is 1.83. The summed E-state index contributed by atoms with van der Waals surface area (Å²) in [5.74, 6) is 1.81. The van der Waals surface area contributed by atoms with Crippen molar-refractivity contribution in [3.63, 3.8) is 0 Å². The Kier molecular flexibility index (Phi) is 2.09. The Morgan fingerprint density at radius 3 is 2.43 bits per heavy atom. The molecule has 0 saturated heterocycles. The minimum absolute atomic E-state index is 0.670. The largest absolute Gasteiger partial charge is 0.357 e. The van der Waals surface area contributed by atoms with Crippen molar-refractivity contribution in [3.8, 4) is 0 Å². The number of H-pyrrole nitrogens is 1. The first kappa shape index (κ1) is 8.85. The zero-order valence-electron chi connectivity index (χ0n) is 7.82. The summed E-state index contributed by atoms with van der Waals surface area (Å²) in [6, 6.07) is 0.670. The maximum atomic E-state index is 5.01. The molecule has 3 rings (SSSR count). The van der Waals surface area contributed by atoms with Crippen LogP contribution in [0.1, 0.15) is 25.7 Å². The van der Waals surface area contributed by atoms with E-state index in [-0.39, 0.29) is 0 Å².